The first kappa shape index (κ1) is 12.5. The highest BCUT2D eigenvalue weighted by Crippen LogP contribution is 2.20. The van der Waals surface area contributed by atoms with Crippen molar-refractivity contribution in [3.63, 3.8) is 0 Å². The van der Waals surface area contributed by atoms with Crippen LogP contribution in [0.15, 0.2) is 12.1 Å². The number of rotatable bonds is 3. The van der Waals surface area contributed by atoms with Gasteiger partial charge in [-0.15, -0.1) is 0 Å². The van der Waals surface area contributed by atoms with Gasteiger partial charge in [0.05, 0.1) is 6.04 Å². The third kappa shape index (κ3) is 2.73. The smallest absolute Gasteiger partial charge is 0.241 e. The number of benzene rings is 1. The van der Waals surface area contributed by atoms with Gasteiger partial charge in [-0.3, -0.25) is 4.79 Å². The van der Waals surface area contributed by atoms with Crippen molar-refractivity contribution >= 4 is 11.6 Å². The van der Waals surface area contributed by atoms with Crippen LogP contribution in [-0.4, -0.2) is 11.9 Å². The molecule has 0 bridgehead atoms. The van der Waals surface area contributed by atoms with Gasteiger partial charge in [0.1, 0.15) is 11.5 Å². The summed E-state index contributed by atoms with van der Waals surface area (Å²) in [5.41, 5.74) is 4.68. The Morgan fingerprint density at radius 2 is 1.88 bits per heavy atom. The van der Waals surface area contributed by atoms with E-state index < -0.39 is 35.1 Å². The lowest BCUT2D eigenvalue weighted by Gasteiger charge is -2.11. The van der Waals surface area contributed by atoms with Crippen LogP contribution in [0.1, 0.15) is 13.3 Å². The van der Waals surface area contributed by atoms with Crippen LogP contribution < -0.4 is 11.1 Å². The summed E-state index contributed by atoms with van der Waals surface area (Å²) >= 11 is 0. The Morgan fingerprint density at radius 1 is 1.38 bits per heavy atom. The van der Waals surface area contributed by atoms with Gasteiger partial charge in [-0.05, 0) is 6.42 Å². The molecule has 0 spiro atoms. The Labute approximate surface area is 90.4 Å². The van der Waals surface area contributed by atoms with E-state index in [1.807, 2.05) is 5.32 Å². The van der Waals surface area contributed by atoms with E-state index in [-0.39, 0.29) is 0 Å². The Bertz CT molecular complexity index is 386. The van der Waals surface area contributed by atoms with Crippen LogP contribution in [0, 0.1) is 17.5 Å². The topological polar surface area (TPSA) is 55.1 Å². The van der Waals surface area contributed by atoms with Crippen LogP contribution in [0.5, 0.6) is 0 Å². The predicted molar refractivity (Wildman–Crippen MR) is 53.2 cm³/mol. The monoisotopic (exact) mass is 232 g/mol. The molecule has 16 heavy (non-hydrogen) atoms. The zero-order valence-corrected chi connectivity index (χ0v) is 8.56. The standard InChI is InChI=1S/C10H11F3N2O/c1-2-8(14)10(16)15-9-6(12)3-5(11)4-7(9)13/h3-4,8H,2,14H2,1H3,(H,15,16). The van der Waals surface area contributed by atoms with Crippen LogP contribution in [0.3, 0.4) is 0 Å². The number of nitrogens with one attached hydrogen (secondary N) is 1. The number of amides is 1. The van der Waals surface area contributed by atoms with E-state index in [1.54, 1.807) is 6.92 Å². The second kappa shape index (κ2) is 4.98. The molecule has 0 aliphatic carbocycles. The molecule has 1 rings (SSSR count). The van der Waals surface area contributed by atoms with Crippen LogP contribution in [0.2, 0.25) is 0 Å². The molecule has 1 amide bonds. The number of nitrogens with two attached hydrogens (primary N) is 1. The van der Waals surface area contributed by atoms with Gasteiger partial charge in [0.2, 0.25) is 5.91 Å². The highest BCUT2D eigenvalue weighted by Gasteiger charge is 2.17. The van der Waals surface area contributed by atoms with Gasteiger partial charge in [0.15, 0.2) is 11.6 Å². The summed E-state index contributed by atoms with van der Waals surface area (Å²) in [6, 6.07) is 0.107. The molecule has 0 aliphatic heterocycles. The zero-order chi connectivity index (χ0) is 12.3. The molecule has 1 unspecified atom stereocenters. The lowest BCUT2D eigenvalue weighted by Crippen LogP contribution is -2.35. The van der Waals surface area contributed by atoms with Gasteiger partial charge >= 0.3 is 0 Å². The molecule has 3 nitrogen and oxygen atoms in total. The minimum Gasteiger partial charge on any atom is -0.320 e. The molecular weight excluding hydrogens is 221 g/mol. The van der Waals surface area contributed by atoms with Crippen molar-refractivity contribution in [2.24, 2.45) is 5.73 Å². The van der Waals surface area contributed by atoms with E-state index in [9.17, 15) is 18.0 Å². The number of halogens is 3. The maximum absolute atomic E-state index is 13.1. The highest BCUT2D eigenvalue weighted by molar-refractivity contribution is 5.94. The van der Waals surface area contributed by atoms with E-state index in [4.69, 9.17) is 5.73 Å². The second-order valence-corrected chi connectivity index (χ2v) is 3.25. The van der Waals surface area contributed by atoms with Crippen molar-refractivity contribution in [1.29, 1.82) is 0 Å². The van der Waals surface area contributed by atoms with Crippen molar-refractivity contribution in [2.45, 2.75) is 19.4 Å². The second-order valence-electron chi connectivity index (χ2n) is 3.25. The predicted octanol–water partition coefficient (Wildman–Crippen LogP) is 1.78. The largest absolute Gasteiger partial charge is 0.320 e. The molecule has 0 radical (unpaired) electrons. The van der Waals surface area contributed by atoms with E-state index >= 15 is 0 Å². The lowest BCUT2D eigenvalue weighted by atomic mass is 10.2. The van der Waals surface area contributed by atoms with Crippen molar-refractivity contribution in [2.75, 3.05) is 5.32 Å². The lowest BCUT2D eigenvalue weighted by molar-refractivity contribution is -0.117. The minimum atomic E-state index is -1.17. The fourth-order valence-corrected chi connectivity index (χ4v) is 1.06. The van der Waals surface area contributed by atoms with Crippen LogP contribution in [-0.2, 0) is 4.79 Å². The molecule has 0 aromatic heterocycles. The molecular formula is C10H11F3N2O. The van der Waals surface area contributed by atoms with Gasteiger partial charge in [-0.25, -0.2) is 13.2 Å². The van der Waals surface area contributed by atoms with Crippen LogP contribution >= 0.6 is 0 Å². The summed E-state index contributed by atoms with van der Waals surface area (Å²) in [6.07, 6.45) is 0.330. The molecule has 0 saturated carbocycles. The average molecular weight is 232 g/mol. The summed E-state index contributed by atoms with van der Waals surface area (Å²) in [7, 11) is 0. The van der Waals surface area contributed by atoms with Crippen molar-refractivity contribution in [3.8, 4) is 0 Å². The summed E-state index contributed by atoms with van der Waals surface area (Å²) in [6.45, 7) is 1.65. The quantitative estimate of drug-likeness (QED) is 0.834. The Balaban J connectivity index is 2.93. The SMILES string of the molecule is CCC(N)C(=O)Nc1c(F)cc(F)cc1F. The van der Waals surface area contributed by atoms with Crippen LogP contribution in [0.4, 0.5) is 18.9 Å². The Kier molecular flexibility index (Phi) is 3.89. The van der Waals surface area contributed by atoms with Crippen molar-refractivity contribution < 1.29 is 18.0 Å². The summed E-state index contributed by atoms with van der Waals surface area (Å²) in [5, 5.41) is 1.98. The molecule has 1 aromatic carbocycles. The molecule has 0 fully saturated rings. The first-order valence-electron chi connectivity index (χ1n) is 4.66. The number of carbonyl (C=O) groups is 1. The van der Waals surface area contributed by atoms with E-state index in [0.29, 0.717) is 18.6 Å². The molecule has 88 valence electrons. The van der Waals surface area contributed by atoms with Gasteiger partial charge in [0.25, 0.3) is 0 Å². The van der Waals surface area contributed by atoms with Gasteiger partial charge in [-0.1, -0.05) is 6.92 Å². The molecule has 6 heteroatoms. The summed E-state index contributed by atoms with van der Waals surface area (Å²) in [5.74, 6) is -4.11. The average Bonchev–Trinajstić information content (AvgIpc) is 2.21. The van der Waals surface area contributed by atoms with Crippen LogP contribution in [0.25, 0.3) is 0 Å². The number of carbonyl (C=O) groups excluding carboxylic acids is 1. The highest BCUT2D eigenvalue weighted by atomic mass is 19.1. The van der Waals surface area contributed by atoms with Gasteiger partial charge in [-0.2, -0.15) is 0 Å². The molecule has 1 atom stereocenters. The van der Waals surface area contributed by atoms with E-state index in [2.05, 4.69) is 0 Å². The number of hydrogen-bond donors (Lipinski definition) is 2. The van der Waals surface area contributed by atoms with Crippen molar-refractivity contribution in [1.82, 2.24) is 0 Å². The molecule has 3 N–H and O–H groups in total. The van der Waals surface area contributed by atoms with E-state index in [1.165, 1.54) is 0 Å². The third-order valence-corrected chi connectivity index (χ3v) is 2.03. The minimum absolute atomic E-state index is 0.330. The number of anilines is 1. The first-order valence-corrected chi connectivity index (χ1v) is 4.66. The fourth-order valence-electron chi connectivity index (χ4n) is 1.06. The van der Waals surface area contributed by atoms with Gasteiger partial charge in [0, 0.05) is 12.1 Å². The zero-order valence-electron chi connectivity index (χ0n) is 8.56. The fraction of sp³-hybridized carbons (Fsp3) is 0.300. The molecule has 0 aliphatic rings. The first-order chi connectivity index (χ1) is 7.45. The van der Waals surface area contributed by atoms with Crippen molar-refractivity contribution in [3.05, 3.63) is 29.6 Å². The Morgan fingerprint density at radius 3 is 2.31 bits per heavy atom. The third-order valence-electron chi connectivity index (χ3n) is 2.03. The normalized spacial score (nSPS) is 12.3. The molecule has 0 saturated heterocycles. The Hall–Kier alpha value is -1.56. The molecule has 1 aromatic rings. The summed E-state index contributed by atoms with van der Waals surface area (Å²) in [4.78, 5) is 11.3. The molecule has 0 heterocycles. The maximum atomic E-state index is 13.1. The maximum Gasteiger partial charge on any atom is 0.241 e. The number of hydrogen-bond acceptors (Lipinski definition) is 2. The van der Waals surface area contributed by atoms with Gasteiger partial charge < -0.3 is 11.1 Å². The summed E-state index contributed by atoms with van der Waals surface area (Å²) < 4.78 is 38.8. The van der Waals surface area contributed by atoms with E-state index in [0.717, 1.165) is 0 Å².